The molecule has 0 aromatic heterocycles. The van der Waals surface area contributed by atoms with Crippen LogP contribution in [0, 0.1) is 0 Å². The van der Waals surface area contributed by atoms with E-state index in [0.29, 0.717) is 6.42 Å². The van der Waals surface area contributed by atoms with Crippen LogP contribution in [0.2, 0.25) is 0 Å². The first-order valence-corrected chi connectivity index (χ1v) is 6.85. The molecule has 0 aliphatic rings. The molecule has 0 saturated heterocycles. The summed E-state index contributed by atoms with van der Waals surface area (Å²) in [6.45, 7) is 1.53. The molecule has 0 spiro atoms. The van der Waals surface area contributed by atoms with Gasteiger partial charge in [-0.15, -0.1) is 0 Å². The summed E-state index contributed by atoms with van der Waals surface area (Å²) >= 11 is 0. The second kappa shape index (κ2) is 10.3. The lowest BCUT2D eigenvalue weighted by Gasteiger charge is -2.18. The van der Waals surface area contributed by atoms with Gasteiger partial charge in [-0.1, -0.05) is 30.3 Å². The fraction of sp³-hybridized carbons (Fsp3) is 0.400. The Hall–Kier alpha value is -2.45. The van der Waals surface area contributed by atoms with Gasteiger partial charge in [-0.05, 0) is 12.5 Å². The van der Waals surface area contributed by atoms with E-state index in [1.54, 1.807) is 0 Å². The average molecular weight is 326 g/mol. The normalized spacial score (nSPS) is 12.4. The van der Waals surface area contributed by atoms with Crippen molar-refractivity contribution in [2.45, 2.75) is 25.3 Å². The van der Waals surface area contributed by atoms with Crippen LogP contribution in [0.25, 0.3) is 0 Å². The number of carbonyl (C=O) groups is 3. The Morgan fingerprint density at radius 3 is 2.09 bits per heavy atom. The highest BCUT2D eigenvalue weighted by Gasteiger charge is 2.27. The van der Waals surface area contributed by atoms with Crippen molar-refractivity contribution in [3.63, 3.8) is 0 Å². The van der Waals surface area contributed by atoms with Crippen LogP contribution in [0.5, 0.6) is 0 Å². The molecule has 128 valence electrons. The zero-order chi connectivity index (χ0) is 17.9. The van der Waals surface area contributed by atoms with Crippen LogP contribution in [0.15, 0.2) is 30.3 Å². The molecule has 1 aromatic carbocycles. The Labute approximate surface area is 133 Å². The molecule has 6 N–H and O–H groups in total. The fourth-order valence-electron chi connectivity index (χ4n) is 1.49. The molecule has 0 bridgehead atoms. The quantitative estimate of drug-likeness (QED) is 0.424. The molecule has 1 rings (SSSR count). The second-order valence-electron chi connectivity index (χ2n) is 5.10. The topological polar surface area (TPSA) is 150 Å². The summed E-state index contributed by atoms with van der Waals surface area (Å²) in [5.41, 5.74) is 5.35. The van der Waals surface area contributed by atoms with Gasteiger partial charge in [0.05, 0.1) is 13.0 Å². The monoisotopic (exact) mass is 326 g/mol. The highest BCUT2D eigenvalue weighted by atomic mass is 16.4. The van der Waals surface area contributed by atoms with Crippen molar-refractivity contribution in [1.82, 2.24) is 5.32 Å². The van der Waals surface area contributed by atoms with Crippen molar-refractivity contribution in [1.29, 1.82) is 0 Å². The van der Waals surface area contributed by atoms with Gasteiger partial charge in [0, 0.05) is 13.0 Å². The maximum absolute atomic E-state index is 10.7. The summed E-state index contributed by atoms with van der Waals surface area (Å²) in [5, 5.41) is 27.4. The van der Waals surface area contributed by atoms with Gasteiger partial charge in [0.1, 0.15) is 5.54 Å². The van der Waals surface area contributed by atoms with Crippen LogP contribution in [-0.2, 0) is 20.8 Å². The molecule has 0 saturated carbocycles. The van der Waals surface area contributed by atoms with Crippen molar-refractivity contribution in [2.24, 2.45) is 5.73 Å². The Balaban J connectivity index is 0.000000438. The first-order valence-electron chi connectivity index (χ1n) is 6.85. The van der Waals surface area contributed by atoms with E-state index in [1.165, 1.54) is 6.92 Å². The number of nitrogens with two attached hydrogens (primary N) is 1. The molecule has 1 aromatic rings. The summed E-state index contributed by atoms with van der Waals surface area (Å²) in [6, 6.07) is 9.36. The number of hydrogen-bond donors (Lipinski definition) is 5. The number of benzene rings is 1. The maximum atomic E-state index is 10.7. The summed E-state index contributed by atoms with van der Waals surface area (Å²) in [4.78, 5) is 30.4. The minimum Gasteiger partial charge on any atom is -0.481 e. The van der Waals surface area contributed by atoms with Crippen molar-refractivity contribution in [2.75, 3.05) is 13.1 Å². The Bertz CT molecular complexity index is 500. The third kappa shape index (κ3) is 10.9. The zero-order valence-electron chi connectivity index (χ0n) is 12.9. The van der Waals surface area contributed by atoms with Crippen molar-refractivity contribution in [3.05, 3.63) is 35.9 Å². The molecule has 0 aliphatic carbocycles. The highest BCUT2D eigenvalue weighted by molar-refractivity contribution is 5.78. The number of rotatable bonds is 8. The van der Waals surface area contributed by atoms with Crippen LogP contribution >= 0.6 is 0 Å². The lowest BCUT2D eigenvalue weighted by atomic mass is 9.94. The molecule has 0 radical (unpaired) electrons. The van der Waals surface area contributed by atoms with Gasteiger partial charge in [-0.3, -0.25) is 14.4 Å². The maximum Gasteiger partial charge on any atom is 0.323 e. The van der Waals surface area contributed by atoms with Gasteiger partial charge in [0.15, 0.2) is 0 Å². The summed E-state index contributed by atoms with van der Waals surface area (Å²) in [5.74, 6) is -2.89. The van der Waals surface area contributed by atoms with E-state index in [1.807, 2.05) is 30.3 Å². The van der Waals surface area contributed by atoms with Gasteiger partial charge < -0.3 is 26.4 Å². The van der Waals surface area contributed by atoms with E-state index >= 15 is 0 Å². The summed E-state index contributed by atoms with van der Waals surface area (Å²) in [7, 11) is 0. The van der Waals surface area contributed by atoms with E-state index in [0.717, 1.165) is 5.56 Å². The third-order valence-corrected chi connectivity index (χ3v) is 2.69. The van der Waals surface area contributed by atoms with Gasteiger partial charge >= 0.3 is 17.9 Å². The molecule has 0 aliphatic heterocycles. The SMILES string of the molecule is C[C@@](N)(Cc1ccccc1)C(=O)O.O=C(O)CCNCC(=O)O. The molecule has 0 unspecified atom stereocenters. The first kappa shape index (κ1) is 20.6. The van der Waals surface area contributed by atoms with Crippen LogP contribution in [-0.4, -0.2) is 51.9 Å². The minimum absolute atomic E-state index is 0.0483. The van der Waals surface area contributed by atoms with E-state index in [2.05, 4.69) is 5.32 Å². The van der Waals surface area contributed by atoms with Crippen LogP contribution < -0.4 is 11.1 Å². The van der Waals surface area contributed by atoms with Gasteiger partial charge in [-0.2, -0.15) is 0 Å². The van der Waals surface area contributed by atoms with Gasteiger partial charge in [-0.25, -0.2) is 0 Å². The number of aliphatic carboxylic acids is 3. The number of hydrogen-bond acceptors (Lipinski definition) is 5. The fourth-order valence-corrected chi connectivity index (χ4v) is 1.49. The lowest BCUT2D eigenvalue weighted by Crippen LogP contribution is -2.46. The molecule has 0 heterocycles. The molecule has 1 atom stereocenters. The molecule has 8 heteroatoms. The smallest absolute Gasteiger partial charge is 0.323 e. The number of carboxylic acids is 3. The minimum atomic E-state index is -1.18. The van der Waals surface area contributed by atoms with Crippen molar-refractivity contribution >= 4 is 17.9 Å². The lowest BCUT2D eigenvalue weighted by molar-refractivity contribution is -0.142. The average Bonchev–Trinajstić information content (AvgIpc) is 2.44. The van der Waals surface area contributed by atoms with Crippen LogP contribution in [0.3, 0.4) is 0 Å². The van der Waals surface area contributed by atoms with Crippen LogP contribution in [0.4, 0.5) is 0 Å². The predicted molar refractivity (Wildman–Crippen MR) is 83.1 cm³/mol. The zero-order valence-corrected chi connectivity index (χ0v) is 12.9. The molecule has 23 heavy (non-hydrogen) atoms. The van der Waals surface area contributed by atoms with E-state index in [9.17, 15) is 14.4 Å². The Morgan fingerprint density at radius 1 is 1.09 bits per heavy atom. The van der Waals surface area contributed by atoms with Crippen molar-refractivity contribution in [3.8, 4) is 0 Å². The molecule has 0 amide bonds. The summed E-state index contributed by atoms with van der Waals surface area (Å²) < 4.78 is 0. The van der Waals surface area contributed by atoms with Gasteiger partial charge in [0.2, 0.25) is 0 Å². The molecular formula is C15H22N2O6. The number of nitrogens with one attached hydrogen (secondary N) is 1. The van der Waals surface area contributed by atoms with Crippen LogP contribution in [0.1, 0.15) is 18.9 Å². The van der Waals surface area contributed by atoms with E-state index in [4.69, 9.17) is 21.1 Å². The second-order valence-corrected chi connectivity index (χ2v) is 5.10. The largest absolute Gasteiger partial charge is 0.481 e. The summed E-state index contributed by atoms with van der Waals surface area (Å²) in [6.07, 6.45) is 0.302. The molecular weight excluding hydrogens is 304 g/mol. The van der Waals surface area contributed by atoms with E-state index < -0.39 is 23.4 Å². The van der Waals surface area contributed by atoms with E-state index in [-0.39, 0.29) is 19.5 Å². The Kier molecular flexibility index (Phi) is 9.21. The third-order valence-electron chi connectivity index (χ3n) is 2.69. The Morgan fingerprint density at radius 2 is 1.65 bits per heavy atom. The standard InChI is InChI=1S/C10H13NO2.C5H9NO4/c1-10(11,9(12)13)7-8-5-3-2-4-6-8;7-4(8)1-2-6-3-5(9)10/h2-6H,7,11H2,1H3,(H,12,13);6H,1-3H2,(H,7,8)(H,9,10)/t10-;/m1./s1. The molecule has 0 fully saturated rings. The number of carboxylic acid groups (broad SMARTS) is 3. The van der Waals surface area contributed by atoms with Crippen molar-refractivity contribution < 1.29 is 29.7 Å². The first-order chi connectivity index (χ1) is 10.6. The molecule has 8 nitrogen and oxygen atoms in total. The van der Waals surface area contributed by atoms with Gasteiger partial charge in [0.25, 0.3) is 0 Å². The highest BCUT2D eigenvalue weighted by Crippen LogP contribution is 2.10. The predicted octanol–water partition coefficient (Wildman–Crippen LogP) is 0.166.